The topological polar surface area (TPSA) is 166 Å². The molecule has 1 aromatic heterocycles. The molecule has 0 amide bonds. The van der Waals surface area contributed by atoms with E-state index in [1.807, 2.05) is 0 Å². The Kier molecular flexibility index (Phi) is 6.00. The van der Waals surface area contributed by atoms with Crippen LogP contribution in [0.3, 0.4) is 0 Å². The summed E-state index contributed by atoms with van der Waals surface area (Å²) in [7, 11) is -4.34. The smallest absolute Gasteiger partial charge is 0.387 e. The van der Waals surface area contributed by atoms with Crippen molar-refractivity contribution in [2.75, 3.05) is 19.8 Å². The van der Waals surface area contributed by atoms with Gasteiger partial charge in [0.05, 0.1) is 13.2 Å². The SMILES string of the molecule is NCCOP(=O)(O)OC[C@H]1OC(n2cccnc2=O)C(O)[C@@H]1O. The monoisotopic (exact) mass is 351 g/mol. The van der Waals surface area contributed by atoms with Gasteiger partial charge in [-0.2, -0.15) is 0 Å². The Balaban J connectivity index is 2.02. The highest BCUT2D eigenvalue weighted by Crippen LogP contribution is 2.44. The van der Waals surface area contributed by atoms with Crippen LogP contribution < -0.4 is 11.4 Å². The first kappa shape index (κ1) is 18.2. The molecule has 0 aliphatic carbocycles. The number of rotatable bonds is 7. The van der Waals surface area contributed by atoms with Crippen molar-refractivity contribution in [3.63, 3.8) is 0 Å². The summed E-state index contributed by atoms with van der Waals surface area (Å²) in [5.41, 5.74) is 4.47. The molecule has 0 radical (unpaired) electrons. The van der Waals surface area contributed by atoms with Crippen LogP contribution in [0.2, 0.25) is 0 Å². The lowest BCUT2D eigenvalue weighted by atomic mass is 10.1. The minimum Gasteiger partial charge on any atom is -0.387 e. The minimum absolute atomic E-state index is 0.0289. The highest BCUT2D eigenvalue weighted by molar-refractivity contribution is 7.47. The van der Waals surface area contributed by atoms with Crippen molar-refractivity contribution in [1.82, 2.24) is 9.55 Å². The number of ether oxygens (including phenoxy) is 1. The maximum absolute atomic E-state index is 11.6. The van der Waals surface area contributed by atoms with Gasteiger partial charge in [-0.15, -0.1) is 0 Å². The Labute approximate surface area is 130 Å². The zero-order valence-corrected chi connectivity index (χ0v) is 12.9. The van der Waals surface area contributed by atoms with E-state index in [-0.39, 0.29) is 13.2 Å². The summed E-state index contributed by atoms with van der Waals surface area (Å²) in [6.45, 7) is -0.679. The molecule has 130 valence electrons. The third-order valence-corrected chi connectivity index (χ3v) is 4.11. The summed E-state index contributed by atoms with van der Waals surface area (Å²) < 4.78 is 27.1. The van der Waals surface area contributed by atoms with Crippen LogP contribution in [-0.2, 0) is 18.3 Å². The van der Waals surface area contributed by atoms with E-state index in [1.165, 1.54) is 18.5 Å². The van der Waals surface area contributed by atoms with Crippen LogP contribution in [-0.4, -0.2) is 62.7 Å². The molecule has 0 saturated carbocycles. The molecule has 0 spiro atoms. The van der Waals surface area contributed by atoms with Crippen LogP contribution in [0.25, 0.3) is 0 Å². The second-order valence-electron chi connectivity index (χ2n) is 4.74. The summed E-state index contributed by atoms with van der Waals surface area (Å²) in [5, 5.41) is 19.9. The Hall–Kier alpha value is -1.17. The molecule has 5 N–H and O–H groups in total. The minimum atomic E-state index is -4.34. The van der Waals surface area contributed by atoms with E-state index >= 15 is 0 Å². The van der Waals surface area contributed by atoms with Gasteiger partial charge in [0.15, 0.2) is 6.23 Å². The van der Waals surface area contributed by atoms with E-state index < -0.39 is 44.7 Å². The number of hydrogen-bond acceptors (Lipinski definition) is 9. The van der Waals surface area contributed by atoms with E-state index in [4.69, 9.17) is 10.5 Å². The number of aliphatic hydroxyl groups is 2. The summed E-state index contributed by atoms with van der Waals surface area (Å²) >= 11 is 0. The van der Waals surface area contributed by atoms with Crippen LogP contribution in [0, 0.1) is 0 Å². The van der Waals surface area contributed by atoms with Gasteiger partial charge in [0.25, 0.3) is 0 Å². The van der Waals surface area contributed by atoms with Crippen LogP contribution in [0.1, 0.15) is 6.23 Å². The molecular weight excluding hydrogens is 333 g/mol. The molecule has 1 aromatic rings. The number of nitrogens with two attached hydrogens (primary N) is 1. The van der Waals surface area contributed by atoms with Crippen molar-refractivity contribution in [3.05, 3.63) is 28.9 Å². The predicted molar refractivity (Wildman–Crippen MR) is 75.2 cm³/mol. The lowest BCUT2D eigenvalue weighted by Gasteiger charge is -2.17. The van der Waals surface area contributed by atoms with E-state index in [0.29, 0.717) is 0 Å². The van der Waals surface area contributed by atoms with Crippen molar-refractivity contribution in [3.8, 4) is 0 Å². The van der Waals surface area contributed by atoms with Crippen molar-refractivity contribution in [2.45, 2.75) is 24.5 Å². The molecule has 11 nitrogen and oxygen atoms in total. The number of phosphoric acid groups is 1. The molecule has 12 heteroatoms. The fourth-order valence-electron chi connectivity index (χ4n) is 2.03. The first-order chi connectivity index (χ1) is 10.9. The lowest BCUT2D eigenvalue weighted by molar-refractivity contribution is -0.0551. The Morgan fingerprint density at radius 3 is 2.78 bits per heavy atom. The number of aliphatic hydroxyl groups excluding tert-OH is 2. The van der Waals surface area contributed by atoms with Gasteiger partial charge < -0.3 is 25.6 Å². The Morgan fingerprint density at radius 1 is 1.39 bits per heavy atom. The molecule has 3 unspecified atom stereocenters. The Bertz CT molecular complexity index is 625. The van der Waals surface area contributed by atoms with Crippen LogP contribution in [0.5, 0.6) is 0 Å². The van der Waals surface area contributed by atoms with Gasteiger partial charge in [-0.3, -0.25) is 13.6 Å². The van der Waals surface area contributed by atoms with Crippen LogP contribution >= 0.6 is 7.82 Å². The summed E-state index contributed by atoms with van der Waals surface area (Å²) in [6, 6.07) is 1.45. The highest BCUT2D eigenvalue weighted by atomic mass is 31.2. The molecule has 1 saturated heterocycles. The fraction of sp³-hybridized carbons (Fsp3) is 0.636. The summed E-state index contributed by atoms with van der Waals surface area (Å²) in [5.74, 6) is 0. The van der Waals surface area contributed by atoms with E-state index in [2.05, 4.69) is 14.0 Å². The Morgan fingerprint density at radius 2 is 2.13 bits per heavy atom. The number of aromatic nitrogens is 2. The standard InChI is InChI=1S/C11H18N3O8P/c12-2-5-20-23(18,19)21-6-7-8(15)9(16)10(22-7)14-4-1-3-13-11(14)17/h1,3-4,7-10,15-16H,2,5-6,12H2,(H,18,19)/t7-,8-,9?,10?/m1/s1. The first-order valence-electron chi connectivity index (χ1n) is 6.72. The molecule has 0 aromatic carbocycles. The number of phosphoric ester groups is 1. The maximum atomic E-state index is 11.6. The van der Waals surface area contributed by atoms with Gasteiger partial charge in [-0.1, -0.05) is 0 Å². The molecule has 1 aliphatic rings. The molecular formula is C11H18N3O8P. The highest BCUT2D eigenvalue weighted by Gasteiger charge is 2.45. The van der Waals surface area contributed by atoms with Crippen molar-refractivity contribution < 1.29 is 33.5 Å². The molecule has 1 fully saturated rings. The maximum Gasteiger partial charge on any atom is 0.472 e. The average Bonchev–Trinajstić information content (AvgIpc) is 2.80. The van der Waals surface area contributed by atoms with Crippen molar-refractivity contribution >= 4 is 7.82 Å². The summed E-state index contributed by atoms with van der Waals surface area (Å²) in [6.07, 6.45) is -2.59. The zero-order valence-electron chi connectivity index (χ0n) is 12.0. The molecule has 5 atom stereocenters. The van der Waals surface area contributed by atoms with E-state index in [9.17, 15) is 24.5 Å². The quantitative estimate of drug-likeness (QED) is 0.402. The van der Waals surface area contributed by atoms with Gasteiger partial charge in [-0.05, 0) is 6.07 Å². The molecule has 1 aliphatic heterocycles. The number of nitrogens with zero attached hydrogens (tertiary/aromatic N) is 2. The van der Waals surface area contributed by atoms with Gasteiger partial charge in [0.1, 0.15) is 18.3 Å². The first-order valence-corrected chi connectivity index (χ1v) is 8.22. The zero-order chi connectivity index (χ0) is 17.0. The molecule has 2 rings (SSSR count). The van der Waals surface area contributed by atoms with Gasteiger partial charge in [-0.25, -0.2) is 14.3 Å². The largest absolute Gasteiger partial charge is 0.472 e. The van der Waals surface area contributed by atoms with Gasteiger partial charge >= 0.3 is 13.5 Å². The normalized spacial score (nSPS) is 30.3. The van der Waals surface area contributed by atoms with Crippen LogP contribution in [0.4, 0.5) is 0 Å². The van der Waals surface area contributed by atoms with Gasteiger partial charge in [0, 0.05) is 18.9 Å². The van der Waals surface area contributed by atoms with Crippen LogP contribution in [0.15, 0.2) is 23.3 Å². The predicted octanol–water partition coefficient (Wildman–Crippen LogP) is -2.05. The van der Waals surface area contributed by atoms with Crippen molar-refractivity contribution in [2.24, 2.45) is 5.73 Å². The third-order valence-electron chi connectivity index (χ3n) is 3.12. The lowest BCUT2D eigenvalue weighted by Crippen LogP contribution is -2.36. The summed E-state index contributed by atoms with van der Waals surface area (Å²) in [4.78, 5) is 24.5. The second-order valence-corrected chi connectivity index (χ2v) is 6.20. The number of hydrogen-bond donors (Lipinski definition) is 4. The van der Waals surface area contributed by atoms with E-state index in [1.54, 1.807) is 0 Å². The molecule has 23 heavy (non-hydrogen) atoms. The molecule has 2 heterocycles. The fourth-order valence-corrected chi connectivity index (χ4v) is 2.78. The molecule has 0 bridgehead atoms. The van der Waals surface area contributed by atoms with E-state index in [0.717, 1.165) is 4.57 Å². The van der Waals surface area contributed by atoms with Gasteiger partial charge in [0.2, 0.25) is 0 Å². The van der Waals surface area contributed by atoms with Crippen molar-refractivity contribution in [1.29, 1.82) is 0 Å². The third kappa shape index (κ3) is 4.43. The second kappa shape index (κ2) is 7.60. The average molecular weight is 351 g/mol.